The van der Waals surface area contributed by atoms with E-state index in [1.807, 2.05) is 0 Å². The van der Waals surface area contributed by atoms with Crippen molar-refractivity contribution in [1.82, 2.24) is 0 Å². The van der Waals surface area contributed by atoms with Gasteiger partial charge in [-0.2, -0.15) is 0 Å². The lowest BCUT2D eigenvalue weighted by Crippen LogP contribution is -2.44. The molecule has 0 amide bonds. The van der Waals surface area contributed by atoms with E-state index in [0.717, 1.165) is 0 Å². The first-order chi connectivity index (χ1) is 7.85. The van der Waals surface area contributed by atoms with Crippen LogP contribution in [0.25, 0.3) is 0 Å². The van der Waals surface area contributed by atoms with E-state index in [-0.39, 0.29) is 13.2 Å². The van der Waals surface area contributed by atoms with Crippen molar-refractivity contribution >= 4 is 17.9 Å². The van der Waals surface area contributed by atoms with Crippen LogP contribution in [0.2, 0.25) is 0 Å². The van der Waals surface area contributed by atoms with Crippen LogP contribution in [0.4, 0.5) is 0 Å². The molecule has 0 radical (unpaired) electrons. The summed E-state index contributed by atoms with van der Waals surface area (Å²) in [6.07, 6.45) is -1.66. The standard InChI is InChI=1S/C10H16O7/c1-3-16-8(13)6-10(15,5-7(11)12)9(14)17-4-2/h15H,3-6H2,1-2H3,(H,11,12)/t10-/m0/s1. The Morgan fingerprint density at radius 1 is 1.06 bits per heavy atom. The Bertz CT molecular complexity index is 299. The van der Waals surface area contributed by atoms with E-state index in [0.29, 0.717) is 0 Å². The molecule has 0 aromatic carbocycles. The number of carboxylic acids is 1. The molecule has 0 saturated carbocycles. The first-order valence-electron chi connectivity index (χ1n) is 5.12. The maximum atomic E-state index is 11.4. The molecular weight excluding hydrogens is 232 g/mol. The zero-order valence-electron chi connectivity index (χ0n) is 9.76. The smallest absolute Gasteiger partial charge is 0.339 e. The van der Waals surface area contributed by atoms with Crippen molar-refractivity contribution in [3.05, 3.63) is 0 Å². The monoisotopic (exact) mass is 248 g/mol. The largest absolute Gasteiger partial charge is 0.481 e. The Balaban J connectivity index is 4.77. The molecule has 2 N–H and O–H groups in total. The molecule has 0 aliphatic heterocycles. The third-order valence-electron chi connectivity index (χ3n) is 1.84. The molecule has 0 aromatic heterocycles. The molecule has 17 heavy (non-hydrogen) atoms. The van der Waals surface area contributed by atoms with E-state index < -0.39 is 36.4 Å². The van der Waals surface area contributed by atoms with Crippen molar-refractivity contribution < 1.29 is 34.1 Å². The number of ether oxygens (including phenoxy) is 2. The fourth-order valence-electron chi connectivity index (χ4n) is 1.17. The molecule has 7 heteroatoms. The summed E-state index contributed by atoms with van der Waals surface area (Å²) in [5.41, 5.74) is -2.38. The molecule has 0 bridgehead atoms. The van der Waals surface area contributed by atoms with Crippen molar-refractivity contribution in [2.75, 3.05) is 13.2 Å². The number of hydrogen-bond acceptors (Lipinski definition) is 6. The van der Waals surface area contributed by atoms with E-state index in [1.54, 1.807) is 6.92 Å². The number of esters is 2. The van der Waals surface area contributed by atoms with Gasteiger partial charge < -0.3 is 19.7 Å². The summed E-state index contributed by atoms with van der Waals surface area (Å²) in [4.78, 5) is 33.1. The Hall–Kier alpha value is -1.63. The molecule has 0 spiro atoms. The van der Waals surface area contributed by atoms with Crippen molar-refractivity contribution in [3.63, 3.8) is 0 Å². The van der Waals surface area contributed by atoms with Crippen molar-refractivity contribution in [2.45, 2.75) is 32.3 Å². The van der Waals surface area contributed by atoms with Gasteiger partial charge in [0.1, 0.15) is 0 Å². The molecule has 0 fully saturated rings. The lowest BCUT2D eigenvalue weighted by molar-refractivity contribution is -0.176. The molecule has 1 atom stereocenters. The van der Waals surface area contributed by atoms with E-state index in [1.165, 1.54) is 6.92 Å². The molecule has 0 aliphatic rings. The molecule has 0 saturated heterocycles. The van der Waals surface area contributed by atoms with Gasteiger partial charge >= 0.3 is 17.9 Å². The average Bonchev–Trinajstić information content (AvgIpc) is 2.16. The third kappa shape index (κ3) is 5.30. The quantitative estimate of drug-likeness (QED) is 0.595. The van der Waals surface area contributed by atoms with Crippen LogP contribution in [0.3, 0.4) is 0 Å². The molecule has 0 aliphatic carbocycles. The number of rotatable bonds is 7. The van der Waals surface area contributed by atoms with Gasteiger partial charge in [0, 0.05) is 0 Å². The predicted octanol–water partition coefficient (Wildman–Crippen LogP) is -0.292. The fourth-order valence-corrected chi connectivity index (χ4v) is 1.17. The summed E-state index contributed by atoms with van der Waals surface area (Å²) in [6, 6.07) is 0. The van der Waals surface area contributed by atoms with Crippen LogP contribution in [0.1, 0.15) is 26.7 Å². The predicted molar refractivity (Wildman–Crippen MR) is 55.1 cm³/mol. The number of aliphatic carboxylic acids is 1. The van der Waals surface area contributed by atoms with Gasteiger partial charge in [0.15, 0.2) is 5.60 Å². The number of aliphatic hydroxyl groups is 1. The maximum absolute atomic E-state index is 11.4. The molecular formula is C10H16O7. The summed E-state index contributed by atoms with van der Waals surface area (Å²) in [5, 5.41) is 18.4. The Labute approximate surface area is 98.3 Å². The minimum absolute atomic E-state index is 0.0242. The van der Waals surface area contributed by atoms with Gasteiger partial charge in [0.05, 0.1) is 26.1 Å². The van der Waals surface area contributed by atoms with Crippen molar-refractivity contribution in [3.8, 4) is 0 Å². The average molecular weight is 248 g/mol. The summed E-state index contributed by atoms with van der Waals surface area (Å²) in [5.74, 6) is -3.41. The van der Waals surface area contributed by atoms with Gasteiger partial charge in [0.2, 0.25) is 0 Å². The summed E-state index contributed by atoms with van der Waals surface area (Å²) >= 11 is 0. The maximum Gasteiger partial charge on any atom is 0.339 e. The SMILES string of the molecule is CCOC(=O)C[C@@](O)(CC(=O)O)C(=O)OCC. The summed E-state index contributed by atoms with van der Waals surface area (Å²) in [6.45, 7) is 3.11. The first kappa shape index (κ1) is 15.4. The number of carbonyl (C=O) groups excluding carboxylic acids is 2. The zero-order chi connectivity index (χ0) is 13.5. The lowest BCUT2D eigenvalue weighted by Gasteiger charge is -2.22. The van der Waals surface area contributed by atoms with E-state index >= 15 is 0 Å². The highest BCUT2D eigenvalue weighted by Crippen LogP contribution is 2.18. The summed E-state index contributed by atoms with van der Waals surface area (Å²) in [7, 11) is 0. The van der Waals surface area contributed by atoms with Crippen LogP contribution < -0.4 is 0 Å². The van der Waals surface area contributed by atoms with E-state index in [9.17, 15) is 19.5 Å². The van der Waals surface area contributed by atoms with Crippen LogP contribution in [0.5, 0.6) is 0 Å². The van der Waals surface area contributed by atoms with E-state index in [4.69, 9.17) is 5.11 Å². The molecule has 0 aromatic rings. The minimum Gasteiger partial charge on any atom is -0.481 e. The van der Waals surface area contributed by atoms with Gasteiger partial charge in [0.25, 0.3) is 0 Å². The van der Waals surface area contributed by atoms with Crippen LogP contribution in [-0.2, 0) is 23.9 Å². The van der Waals surface area contributed by atoms with Crippen LogP contribution in [0.15, 0.2) is 0 Å². The van der Waals surface area contributed by atoms with Crippen LogP contribution in [0, 0.1) is 0 Å². The van der Waals surface area contributed by atoms with Gasteiger partial charge in [-0.3, -0.25) is 9.59 Å². The molecule has 0 unspecified atom stereocenters. The Morgan fingerprint density at radius 2 is 1.59 bits per heavy atom. The number of hydrogen-bond donors (Lipinski definition) is 2. The van der Waals surface area contributed by atoms with E-state index in [2.05, 4.69) is 9.47 Å². The molecule has 0 rings (SSSR count). The summed E-state index contributed by atoms with van der Waals surface area (Å²) < 4.78 is 9.07. The topological polar surface area (TPSA) is 110 Å². The number of carboxylic acid groups (broad SMARTS) is 1. The zero-order valence-corrected chi connectivity index (χ0v) is 9.76. The molecule has 0 heterocycles. The molecule has 7 nitrogen and oxygen atoms in total. The highest BCUT2D eigenvalue weighted by molar-refractivity contribution is 5.89. The Kier molecular flexibility index (Phi) is 6.19. The van der Waals surface area contributed by atoms with Crippen LogP contribution >= 0.6 is 0 Å². The second kappa shape index (κ2) is 6.85. The minimum atomic E-state index is -2.38. The van der Waals surface area contributed by atoms with Crippen LogP contribution in [-0.4, -0.2) is 46.9 Å². The van der Waals surface area contributed by atoms with Gasteiger partial charge in [-0.25, -0.2) is 4.79 Å². The fraction of sp³-hybridized carbons (Fsp3) is 0.700. The Morgan fingerprint density at radius 3 is 2.00 bits per heavy atom. The van der Waals surface area contributed by atoms with Gasteiger partial charge in [-0.05, 0) is 13.8 Å². The first-order valence-corrected chi connectivity index (χ1v) is 5.12. The van der Waals surface area contributed by atoms with Crippen molar-refractivity contribution in [2.24, 2.45) is 0 Å². The third-order valence-corrected chi connectivity index (χ3v) is 1.84. The highest BCUT2D eigenvalue weighted by atomic mass is 16.6. The van der Waals surface area contributed by atoms with Gasteiger partial charge in [-0.15, -0.1) is 0 Å². The van der Waals surface area contributed by atoms with Crippen molar-refractivity contribution in [1.29, 1.82) is 0 Å². The normalized spacial score (nSPS) is 13.6. The lowest BCUT2D eigenvalue weighted by atomic mass is 9.96. The highest BCUT2D eigenvalue weighted by Gasteiger charge is 2.42. The second-order valence-corrected chi connectivity index (χ2v) is 3.30. The number of carbonyl (C=O) groups is 3. The molecule has 98 valence electrons. The van der Waals surface area contributed by atoms with Gasteiger partial charge in [-0.1, -0.05) is 0 Å². The second-order valence-electron chi connectivity index (χ2n) is 3.30.